The van der Waals surface area contributed by atoms with E-state index < -0.39 is 0 Å². The number of ether oxygens (including phenoxy) is 2. The van der Waals surface area contributed by atoms with Crippen LogP contribution in [0.25, 0.3) is 11.3 Å². The standard InChI is InChI=1S/C16H15ClN5O2/c1-23-10-22-9-11(7-19-22)15-12(17)8-18-16(21-15)20-13-5-3-4-6-14(13)24-2/h3,5-9H,10H2,1-2H3,(H,18,20,21). The molecule has 0 aliphatic carbocycles. The van der Waals surface area contributed by atoms with Crippen LogP contribution in [-0.2, 0) is 11.5 Å². The number of rotatable bonds is 6. The summed E-state index contributed by atoms with van der Waals surface area (Å²) in [6.45, 7) is 0.353. The summed E-state index contributed by atoms with van der Waals surface area (Å²) in [5.74, 6) is 1.05. The molecule has 0 saturated heterocycles. The van der Waals surface area contributed by atoms with Gasteiger partial charge in [0.15, 0.2) is 0 Å². The number of benzene rings is 1. The van der Waals surface area contributed by atoms with Crippen molar-refractivity contribution in [3.05, 3.63) is 47.9 Å². The molecule has 0 amide bonds. The van der Waals surface area contributed by atoms with Gasteiger partial charge in [0, 0.05) is 18.9 Å². The van der Waals surface area contributed by atoms with Crippen LogP contribution >= 0.6 is 11.6 Å². The Morgan fingerprint density at radius 3 is 3.00 bits per heavy atom. The fourth-order valence-electron chi connectivity index (χ4n) is 2.13. The molecule has 8 heteroatoms. The van der Waals surface area contributed by atoms with Crippen molar-refractivity contribution in [2.45, 2.75) is 6.73 Å². The third-order valence-electron chi connectivity index (χ3n) is 3.20. The lowest BCUT2D eigenvalue weighted by atomic mass is 10.2. The predicted molar refractivity (Wildman–Crippen MR) is 90.4 cm³/mol. The molecule has 123 valence electrons. The maximum atomic E-state index is 6.23. The highest BCUT2D eigenvalue weighted by atomic mass is 35.5. The molecule has 2 aromatic heterocycles. The molecule has 1 radical (unpaired) electrons. The van der Waals surface area contributed by atoms with Gasteiger partial charge in [-0.05, 0) is 18.2 Å². The maximum absolute atomic E-state index is 6.23. The second-order valence-electron chi connectivity index (χ2n) is 4.83. The summed E-state index contributed by atoms with van der Waals surface area (Å²) in [4.78, 5) is 8.68. The number of halogens is 1. The second kappa shape index (κ2) is 7.29. The van der Waals surface area contributed by atoms with Gasteiger partial charge < -0.3 is 14.8 Å². The molecule has 0 atom stereocenters. The Morgan fingerprint density at radius 1 is 1.33 bits per heavy atom. The van der Waals surface area contributed by atoms with E-state index in [1.807, 2.05) is 6.07 Å². The Labute approximate surface area is 144 Å². The molecule has 0 aliphatic heterocycles. The Morgan fingerprint density at radius 2 is 2.21 bits per heavy atom. The largest absolute Gasteiger partial charge is 0.495 e. The molecule has 3 rings (SSSR count). The zero-order valence-corrected chi connectivity index (χ0v) is 13.9. The third kappa shape index (κ3) is 3.47. The Hall–Kier alpha value is -2.64. The molecule has 0 fully saturated rings. The number of nitrogens with one attached hydrogen (secondary N) is 1. The van der Waals surface area contributed by atoms with Gasteiger partial charge in [0.25, 0.3) is 0 Å². The van der Waals surface area contributed by atoms with Gasteiger partial charge in [-0.25, -0.2) is 14.6 Å². The highest BCUT2D eigenvalue weighted by molar-refractivity contribution is 6.32. The summed E-state index contributed by atoms with van der Waals surface area (Å²) in [6.07, 6.45) is 5.02. The van der Waals surface area contributed by atoms with Gasteiger partial charge in [0.2, 0.25) is 5.95 Å². The Kier molecular flexibility index (Phi) is 4.93. The summed E-state index contributed by atoms with van der Waals surface area (Å²) in [7, 11) is 3.19. The number of aromatic nitrogens is 4. The molecule has 0 aliphatic rings. The molecular weight excluding hydrogens is 330 g/mol. The second-order valence-corrected chi connectivity index (χ2v) is 5.23. The Balaban J connectivity index is 1.91. The lowest BCUT2D eigenvalue weighted by Gasteiger charge is -2.10. The number of hydrogen-bond donors (Lipinski definition) is 1. The molecule has 0 bridgehead atoms. The van der Waals surface area contributed by atoms with E-state index in [1.54, 1.807) is 49.6 Å². The van der Waals surface area contributed by atoms with E-state index in [0.717, 1.165) is 11.3 Å². The highest BCUT2D eigenvalue weighted by Crippen LogP contribution is 2.29. The van der Waals surface area contributed by atoms with E-state index >= 15 is 0 Å². The minimum absolute atomic E-state index is 0.353. The van der Waals surface area contributed by atoms with Crippen LogP contribution in [0.3, 0.4) is 0 Å². The van der Waals surface area contributed by atoms with Crippen LogP contribution in [0.4, 0.5) is 11.6 Å². The van der Waals surface area contributed by atoms with Gasteiger partial charge >= 0.3 is 0 Å². The molecule has 0 saturated carbocycles. The van der Waals surface area contributed by atoms with Crippen LogP contribution in [0, 0.1) is 6.07 Å². The average molecular weight is 345 g/mol. The first-order valence-electron chi connectivity index (χ1n) is 7.06. The molecule has 0 spiro atoms. The lowest BCUT2D eigenvalue weighted by Crippen LogP contribution is -2.00. The van der Waals surface area contributed by atoms with Crippen LogP contribution in [0.2, 0.25) is 5.02 Å². The van der Waals surface area contributed by atoms with Gasteiger partial charge in [-0.2, -0.15) is 5.10 Å². The number of hydrogen-bond acceptors (Lipinski definition) is 6. The van der Waals surface area contributed by atoms with Crippen molar-refractivity contribution < 1.29 is 9.47 Å². The molecular formula is C16H15ClN5O2. The SMILES string of the molecule is COCn1cc(-c2nc(Nc3cc[c]cc3OC)ncc2Cl)cn1. The fourth-order valence-corrected chi connectivity index (χ4v) is 2.33. The summed E-state index contributed by atoms with van der Waals surface area (Å²) in [6, 6.07) is 8.28. The summed E-state index contributed by atoms with van der Waals surface area (Å²) in [5.41, 5.74) is 2.09. The first kappa shape index (κ1) is 16.2. The molecule has 2 heterocycles. The highest BCUT2D eigenvalue weighted by Gasteiger charge is 2.12. The van der Waals surface area contributed by atoms with Crippen molar-refractivity contribution in [3.63, 3.8) is 0 Å². The van der Waals surface area contributed by atoms with Gasteiger partial charge in [-0.1, -0.05) is 17.7 Å². The van der Waals surface area contributed by atoms with Gasteiger partial charge in [-0.3, -0.25) is 0 Å². The summed E-state index contributed by atoms with van der Waals surface area (Å²) < 4.78 is 12.0. The van der Waals surface area contributed by atoms with Gasteiger partial charge in [-0.15, -0.1) is 0 Å². The van der Waals surface area contributed by atoms with Gasteiger partial charge in [0.1, 0.15) is 12.5 Å². The number of methoxy groups -OCH3 is 2. The zero-order valence-electron chi connectivity index (χ0n) is 13.2. The maximum Gasteiger partial charge on any atom is 0.227 e. The minimum atomic E-state index is 0.353. The molecule has 0 unspecified atom stereocenters. The van der Waals surface area contributed by atoms with Crippen LogP contribution in [-0.4, -0.2) is 34.0 Å². The molecule has 1 aromatic carbocycles. The summed E-state index contributed by atoms with van der Waals surface area (Å²) in [5, 5.41) is 7.74. The van der Waals surface area contributed by atoms with Crippen LogP contribution in [0.15, 0.2) is 36.8 Å². The first-order valence-corrected chi connectivity index (χ1v) is 7.44. The van der Waals surface area contributed by atoms with E-state index in [4.69, 9.17) is 21.1 Å². The monoisotopic (exact) mass is 344 g/mol. The molecule has 7 nitrogen and oxygen atoms in total. The molecule has 1 N–H and O–H groups in total. The quantitative estimate of drug-likeness (QED) is 0.740. The normalized spacial score (nSPS) is 10.6. The van der Waals surface area contributed by atoms with Crippen LogP contribution in [0.5, 0.6) is 5.75 Å². The van der Waals surface area contributed by atoms with E-state index in [-0.39, 0.29) is 0 Å². The minimum Gasteiger partial charge on any atom is -0.495 e. The van der Waals surface area contributed by atoms with Crippen molar-refractivity contribution >= 4 is 23.2 Å². The van der Waals surface area contributed by atoms with Gasteiger partial charge in [0.05, 0.1) is 35.9 Å². The topological polar surface area (TPSA) is 74.1 Å². The fraction of sp³-hybridized carbons (Fsp3) is 0.188. The van der Waals surface area contributed by atoms with Crippen molar-refractivity contribution in [2.24, 2.45) is 0 Å². The van der Waals surface area contributed by atoms with E-state index in [0.29, 0.717) is 29.1 Å². The zero-order chi connectivity index (χ0) is 16.9. The van der Waals surface area contributed by atoms with E-state index in [9.17, 15) is 0 Å². The molecule has 3 aromatic rings. The Bertz CT molecular complexity index is 837. The smallest absolute Gasteiger partial charge is 0.227 e. The average Bonchev–Trinajstić information content (AvgIpc) is 3.06. The van der Waals surface area contributed by atoms with E-state index in [1.165, 1.54) is 0 Å². The third-order valence-corrected chi connectivity index (χ3v) is 3.48. The number of nitrogens with zero attached hydrogens (tertiary/aromatic N) is 4. The molecule has 24 heavy (non-hydrogen) atoms. The predicted octanol–water partition coefficient (Wildman–Crippen LogP) is 3.15. The van der Waals surface area contributed by atoms with Crippen molar-refractivity contribution in [1.82, 2.24) is 19.7 Å². The van der Waals surface area contributed by atoms with E-state index in [2.05, 4.69) is 26.4 Å². The van der Waals surface area contributed by atoms with Crippen molar-refractivity contribution in [3.8, 4) is 17.0 Å². The van der Waals surface area contributed by atoms with Crippen molar-refractivity contribution in [2.75, 3.05) is 19.5 Å². The lowest BCUT2D eigenvalue weighted by molar-refractivity contribution is 0.120. The van der Waals surface area contributed by atoms with Crippen LogP contribution < -0.4 is 10.1 Å². The first-order chi connectivity index (χ1) is 11.7. The van der Waals surface area contributed by atoms with Crippen molar-refractivity contribution in [1.29, 1.82) is 0 Å². The summed E-state index contributed by atoms with van der Waals surface area (Å²) >= 11 is 6.23. The number of anilines is 2. The van der Waals surface area contributed by atoms with Crippen LogP contribution in [0.1, 0.15) is 0 Å².